The fourth-order valence-corrected chi connectivity index (χ4v) is 5.08. The Morgan fingerprint density at radius 3 is 2.89 bits per heavy atom. The van der Waals surface area contributed by atoms with Crippen molar-refractivity contribution in [1.29, 1.82) is 0 Å². The molecule has 0 radical (unpaired) electrons. The average Bonchev–Trinajstić information content (AvgIpc) is 3.31. The molecule has 28 heavy (non-hydrogen) atoms. The van der Waals surface area contributed by atoms with Gasteiger partial charge in [-0.1, -0.05) is 5.57 Å². The third-order valence-corrected chi connectivity index (χ3v) is 6.54. The number of carboxylic acid groups (broad SMARTS) is 1. The van der Waals surface area contributed by atoms with E-state index in [4.69, 9.17) is 13.9 Å². The van der Waals surface area contributed by atoms with Crippen LogP contribution in [0.15, 0.2) is 34.2 Å². The predicted octanol–water partition coefficient (Wildman–Crippen LogP) is 1.93. The fraction of sp³-hybridized carbons (Fsp3) is 0.600. The van der Waals surface area contributed by atoms with Crippen LogP contribution >= 0.6 is 0 Å². The smallest absolute Gasteiger partial charge is 0.334 e. The first kappa shape index (κ1) is 19.2. The van der Waals surface area contributed by atoms with Gasteiger partial charge in [0.05, 0.1) is 41.6 Å². The van der Waals surface area contributed by atoms with Crippen LogP contribution in [0, 0.1) is 11.3 Å². The van der Waals surface area contributed by atoms with Crippen molar-refractivity contribution < 1.29 is 38.8 Å². The molecule has 2 aliphatic heterocycles. The van der Waals surface area contributed by atoms with Gasteiger partial charge < -0.3 is 29.2 Å². The molecule has 1 aliphatic carbocycles. The van der Waals surface area contributed by atoms with E-state index in [-0.39, 0.29) is 31.0 Å². The summed E-state index contributed by atoms with van der Waals surface area (Å²) >= 11 is 0. The topological polar surface area (TPSA) is 126 Å². The third kappa shape index (κ3) is 2.78. The maximum Gasteiger partial charge on any atom is 0.334 e. The number of hydrogen-bond donors (Lipinski definition) is 3. The molecule has 0 amide bonds. The third-order valence-electron chi connectivity index (χ3n) is 6.54. The van der Waals surface area contributed by atoms with Crippen LogP contribution < -0.4 is 0 Å². The minimum Gasteiger partial charge on any atom is -0.478 e. The number of ether oxygens (including phenoxy) is 2. The molecule has 5 atom stereocenters. The molecule has 0 aromatic carbocycles. The van der Waals surface area contributed by atoms with Gasteiger partial charge in [0.2, 0.25) is 0 Å². The second kappa shape index (κ2) is 6.72. The minimum atomic E-state index is -1.59. The molecule has 1 saturated carbocycles. The molecular weight excluding hydrogens is 368 g/mol. The van der Waals surface area contributed by atoms with E-state index in [1.807, 2.05) is 0 Å². The molecule has 1 spiro atoms. The first-order valence-corrected chi connectivity index (χ1v) is 9.47. The Morgan fingerprint density at radius 1 is 1.43 bits per heavy atom. The van der Waals surface area contributed by atoms with Crippen LogP contribution in [0.25, 0.3) is 0 Å². The van der Waals surface area contributed by atoms with Gasteiger partial charge >= 0.3 is 11.9 Å². The summed E-state index contributed by atoms with van der Waals surface area (Å²) in [6.07, 6.45) is 2.87. The number of aliphatic hydroxyl groups is 2. The monoisotopic (exact) mass is 392 g/mol. The Labute approximate surface area is 161 Å². The van der Waals surface area contributed by atoms with Gasteiger partial charge in [-0.05, 0) is 38.7 Å². The Balaban J connectivity index is 1.64. The molecule has 2 saturated heterocycles. The van der Waals surface area contributed by atoms with E-state index >= 15 is 0 Å². The number of rotatable bonds is 5. The lowest BCUT2D eigenvalue weighted by atomic mass is 9.63. The summed E-state index contributed by atoms with van der Waals surface area (Å²) in [6, 6.07) is 1.62. The van der Waals surface area contributed by atoms with Crippen LogP contribution in [0.1, 0.15) is 50.7 Å². The van der Waals surface area contributed by atoms with Gasteiger partial charge in [-0.25, -0.2) is 4.79 Å². The van der Waals surface area contributed by atoms with E-state index in [1.54, 1.807) is 13.0 Å². The highest BCUT2D eigenvalue weighted by Gasteiger charge is 2.70. The number of aliphatic hydroxyl groups excluding tert-OH is 1. The first-order valence-electron chi connectivity index (χ1n) is 9.47. The molecule has 3 fully saturated rings. The molecule has 3 heterocycles. The van der Waals surface area contributed by atoms with Crippen molar-refractivity contribution in [1.82, 2.24) is 0 Å². The molecule has 0 bridgehead atoms. The standard InChI is InChI=1S/C20H24O8/c1-11(7-14(21)12-4-6-26-9-12)16(17(22)23)15-8-19-10-27-18(24)13(19)3-2-5-20(19,25)28-15/h4,6,9,13-15,21,25H,2-3,5,7-8,10H2,1H3,(H,22,23)/b16-11+/t13-,14?,15-,19+,20+/m0/s1. The molecule has 8 nitrogen and oxygen atoms in total. The molecule has 8 heteroatoms. The Kier molecular flexibility index (Phi) is 4.60. The Hall–Kier alpha value is -2.16. The summed E-state index contributed by atoms with van der Waals surface area (Å²) < 4.78 is 16.1. The van der Waals surface area contributed by atoms with Crippen molar-refractivity contribution in [3.05, 3.63) is 35.3 Å². The molecule has 4 rings (SSSR count). The number of carboxylic acids is 1. The first-order chi connectivity index (χ1) is 13.3. The number of carbonyl (C=O) groups is 2. The van der Waals surface area contributed by atoms with Gasteiger partial charge in [-0.3, -0.25) is 4.79 Å². The maximum absolute atomic E-state index is 12.2. The minimum absolute atomic E-state index is 0.0119. The zero-order chi connectivity index (χ0) is 20.1. The molecule has 1 unspecified atom stereocenters. The summed E-state index contributed by atoms with van der Waals surface area (Å²) in [6.45, 7) is 1.67. The van der Waals surface area contributed by atoms with Crippen LogP contribution in [0.5, 0.6) is 0 Å². The van der Waals surface area contributed by atoms with Gasteiger partial charge in [-0.15, -0.1) is 0 Å². The van der Waals surface area contributed by atoms with Crippen molar-refractivity contribution in [2.45, 2.75) is 57.0 Å². The number of furan rings is 1. The number of aliphatic carboxylic acids is 1. The highest BCUT2D eigenvalue weighted by Crippen LogP contribution is 2.60. The van der Waals surface area contributed by atoms with Crippen molar-refractivity contribution in [3.63, 3.8) is 0 Å². The molecule has 3 aliphatic rings. The predicted molar refractivity (Wildman–Crippen MR) is 93.8 cm³/mol. The SMILES string of the molecule is C/C(CC(O)c1ccoc1)=C(\C(=O)O)[C@@H]1C[C@@]23COC(=O)[C@@H]2CCC[C@@]3(O)O1. The van der Waals surface area contributed by atoms with Gasteiger partial charge in [0.25, 0.3) is 0 Å². The Morgan fingerprint density at radius 2 is 2.21 bits per heavy atom. The van der Waals surface area contributed by atoms with Crippen LogP contribution in [-0.2, 0) is 19.1 Å². The van der Waals surface area contributed by atoms with E-state index in [0.717, 1.165) is 0 Å². The molecule has 1 aromatic heterocycles. The van der Waals surface area contributed by atoms with Gasteiger partial charge in [0.1, 0.15) is 6.61 Å². The lowest BCUT2D eigenvalue weighted by Gasteiger charge is -2.42. The summed E-state index contributed by atoms with van der Waals surface area (Å²) in [4.78, 5) is 24.2. The van der Waals surface area contributed by atoms with Crippen LogP contribution in [0.3, 0.4) is 0 Å². The van der Waals surface area contributed by atoms with Crippen LogP contribution in [0.4, 0.5) is 0 Å². The van der Waals surface area contributed by atoms with Crippen molar-refractivity contribution in [3.8, 4) is 0 Å². The zero-order valence-electron chi connectivity index (χ0n) is 15.6. The average molecular weight is 392 g/mol. The summed E-state index contributed by atoms with van der Waals surface area (Å²) in [5.74, 6) is -3.59. The van der Waals surface area contributed by atoms with Gasteiger partial charge in [0.15, 0.2) is 5.79 Å². The number of esters is 1. The zero-order valence-corrected chi connectivity index (χ0v) is 15.6. The lowest BCUT2D eigenvalue weighted by Crippen LogP contribution is -2.52. The van der Waals surface area contributed by atoms with E-state index < -0.39 is 35.3 Å². The second-order valence-corrected chi connectivity index (χ2v) is 8.08. The van der Waals surface area contributed by atoms with Crippen molar-refractivity contribution >= 4 is 11.9 Å². The van der Waals surface area contributed by atoms with Crippen molar-refractivity contribution in [2.75, 3.05) is 6.61 Å². The van der Waals surface area contributed by atoms with Crippen LogP contribution in [-0.4, -0.2) is 45.8 Å². The largest absolute Gasteiger partial charge is 0.478 e. The quantitative estimate of drug-likeness (QED) is 0.512. The van der Waals surface area contributed by atoms with E-state index in [1.165, 1.54) is 12.5 Å². The number of cyclic esters (lactones) is 1. The molecule has 1 aromatic rings. The van der Waals surface area contributed by atoms with Crippen LogP contribution in [0.2, 0.25) is 0 Å². The van der Waals surface area contributed by atoms with Gasteiger partial charge in [0, 0.05) is 12.0 Å². The summed E-state index contributed by atoms with van der Waals surface area (Å²) in [7, 11) is 0. The number of carbonyl (C=O) groups excluding carboxylic acids is 1. The summed E-state index contributed by atoms with van der Waals surface area (Å²) in [5.41, 5.74) is 0.0959. The van der Waals surface area contributed by atoms with Crippen molar-refractivity contribution in [2.24, 2.45) is 11.3 Å². The van der Waals surface area contributed by atoms with E-state index in [0.29, 0.717) is 30.4 Å². The Bertz CT molecular complexity index is 812. The lowest BCUT2D eigenvalue weighted by molar-refractivity contribution is -0.258. The summed E-state index contributed by atoms with van der Waals surface area (Å²) in [5, 5.41) is 31.4. The number of hydrogen-bond acceptors (Lipinski definition) is 7. The van der Waals surface area contributed by atoms with E-state index in [9.17, 15) is 24.9 Å². The van der Waals surface area contributed by atoms with E-state index in [2.05, 4.69) is 0 Å². The molecular formula is C20H24O8. The second-order valence-electron chi connectivity index (χ2n) is 8.08. The highest BCUT2D eigenvalue weighted by molar-refractivity contribution is 5.89. The van der Waals surface area contributed by atoms with Gasteiger partial charge in [-0.2, -0.15) is 0 Å². The maximum atomic E-state index is 12.2. The normalized spacial score (nSPS) is 36.3. The molecule has 152 valence electrons. The molecule has 3 N–H and O–H groups in total. The highest BCUT2D eigenvalue weighted by atomic mass is 16.6. The fourth-order valence-electron chi connectivity index (χ4n) is 5.08.